The summed E-state index contributed by atoms with van der Waals surface area (Å²) in [5.41, 5.74) is 0. The molecule has 11 nitrogen and oxygen atoms in total. The van der Waals surface area contributed by atoms with Crippen molar-refractivity contribution in [1.29, 1.82) is 0 Å². The second-order valence-electron chi connectivity index (χ2n) is 14.6. The molecule has 11 heteroatoms. The molecule has 1 heterocycles. The number of aliphatic hydroxyl groups is 5. The molecule has 1 fully saturated rings. The number of nitrogens with one attached hydrogen (secondary N) is 1. The summed E-state index contributed by atoms with van der Waals surface area (Å²) in [5, 5.41) is 64.2. The summed E-state index contributed by atoms with van der Waals surface area (Å²) < 4.78 is 10.8. The molecule has 0 radical (unpaired) electrons. The molecule has 1 aliphatic rings. The average Bonchev–Trinajstić information content (AvgIpc) is 3.11. The smallest absolute Gasteiger partial charge is 0.335 e. The van der Waals surface area contributed by atoms with Crippen LogP contribution in [0.4, 0.5) is 0 Å². The number of carbonyl (C=O) groups is 2. The molecule has 1 aliphatic heterocycles. The molecule has 2 unspecified atom stereocenters. The Hall–Kier alpha value is -1.60. The van der Waals surface area contributed by atoms with Gasteiger partial charge < -0.3 is 45.4 Å². The largest absolute Gasteiger partial charge is 0.479 e. The molecule has 7 N–H and O–H groups in total. The fraction of sp³-hybridized carbons (Fsp3) is 0.900. The lowest BCUT2D eigenvalue weighted by Gasteiger charge is -2.39. The van der Waals surface area contributed by atoms with Gasteiger partial charge in [0.25, 0.3) is 0 Å². The van der Waals surface area contributed by atoms with Crippen molar-refractivity contribution in [2.45, 2.75) is 223 Å². The molecule has 1 rings (SSSR count). The zero-order chi connectivity index (χ0) is 37.7. The first-order chi connectivity index (χ1) is 24.6. The number of hydrogen-bond acceptors (Lipinski definition) is 9. The highest BCUT2D eigenvalue weighted by molar-refractivity contribution is 5.80. The van der Waals surface area contributed by atoms with Gasteiger partial charge in [0.2, 0.25) is 5.91 Å². The highest BCUT2D eigenvalue weighted by atomic mass is 16.7. The second-order valence-corrected chi connectivity index (χ2v) is 14.6. The summed E-state index contributed by atoms with van der Waals surface area (Å²) >= 11 is 0. The number of rotatable bonds is 33. The van der Waals surface area contributed by atoms with E-state index in [1.54, 1.807) is 0 Å². The van der Waals surface area contributed by atoms with Gasteiger partial charge in [-0.1, -0.05) is 148 Å². The van der Waals surface area contributed by atoms with E-state index in [0.717, 1.165) is 51.4 Å². The lowest BCUT2D eigenvalue weighted by atomic mass is 9.99. The summed E-state index contributed by atoms with van der Waals surface area (Å²) in [5.74, 6) is -2.18. The van der Waals surface area contributed by atoms with Crippen molar-refractivity contribution in [1.82, 2.24) is 5.32 Å². The molecule has 0 aromatic carbocycles. The Morgan fingerprint density at radius 2 is 1.10 bits per heavy atom. The second kappa shape index (κ2) is 30.8. The molecule has 0 aromatic rings. The van der Waals surface area contributed by atoms with Gasteiger partial charge in [-0.15, -0.1) is 0 Å². The van der Waals surface area contributed by atoms with Gasteiger partial charge in [0, 0.05) is 0 Å². The van der Waals surface area contributed by atoms with Gasteiger partial charge in [0.15, 0.2) is 12.4 Å². The van der Waals surface area contributed by atoms with E-state index < -0.39 is 60.8 Å². The Labute approximate surface area is 308 Å². The SMILES string of the molecule is CCCCCC/C=C/CCCCCCCCCC(O)C(CO[C@H]1O[C@H](C(=O)O)[C@@H](O)[C@H](O)[C@H]1O)NC(=O)[C@@H](O)CCCCCCCCCCCC. The first-order valence-corrected chi connectivity index (χ1v) is 20.5. The van der Waals surface area contributed by atoms with Gasteiger partial charge >= 0.3 is 5.97 Å². The zero-order valence-electron chi connectivity index (χ0n) is 32.0. The average molecular weight is 730 g/mol. The molecule has 0 aromatic heterocycles. The number of ether oxygens (including phenoxy) is 2. The van der Waals surface area contributed by atoms with Crippen molar-refractivity contribution >= 4 is 11.9 Å². The van der Waals surface area contributed by atoms with Crippen molar-refractivity contribution < 1.29 is 49.7 Å². The van der Waals surface area contributed by atoms with Gasteiger partial charge in [-0.2, -0.15) is 0 Å². The van der Waals surface area contributed by atoms with Gasteiger partial charge in [0.05, 0.1) is 18.8 Å². The first kappa shape index (κ1) is 47.4. The van der Waals surface area contributed by atoms with Crippen LogP contribution in [0.1, 0.15) is 174 Å². The summed E-state index contributed by atoms with van der Waals surface area (Å²) in [6.45, 7) is 4.06. The van der Waals surface area contributed by atoms with Crippen molar-refractivity contribution in [2.75, 3.05) is 6.61 Å². The third-order valence-electron chi connectivity index (χ3n) is 9.94. The summed E-state index contributed by atoms with van der Waals surface area (Å²) in [7, 11) is 0. The molecule has 1 amide bonds. The number of carboxylic acid groups (broad SMARTS) is 1. The number of unbranched alkanes of at least 4 members (excludes halogenated alkanes) is 20. The number of hydrogen-bond donors (Lipinski definition) is 7. The standard InChI is InChI=1S/C40H75NO10/c1-3-5-7-9-11-13-15-16-17-18-19-21-22-24-26-28-32(42)31(30-50-40-36(46)34(44)35(45)37(51-40)39(48)49)41-38(47)33(43)29-27-25-23-20-14-12-10-8-6-4-2/h13,15,31-37,40,42-46H,3-12,14,16-30H2,1-2H3,(H,41,47)(H,48,49)/b15-13+/t31?,32?,33-,34-,35-,36+,37-,40-/m0/s1. The molecule has 300 valence electrons. The van der Waals surface area contributed by atoms with E-state index in [1.807, 2.05) is 0 Å². The third-order valence-corrected chi connectivity index (χ3v) is 9.94. The highest BCUT2D eigenvalue weighted by Gasteiger charge is 2.47. The van der Waals surface area contributed by atoms with Crippen LogP contribution < -0.4 is 5.32 Å². The lowest BCUT2D eigenvalue weighted by molar-refractivity contribution is -0.295. The van der Waals surface area contributed by atoms with Crippen LogP contribution in [0.15, 0.2) is 12.2 Å². The van der Waals surface area contributed by atoms with Crippen LogP contribution in [-0.2, 0) is 19.1 Å². The van der Waals surface area contributed by atoms with Crippen LogP contribution in [-0.4, -0.2) is 98.1 Å². The normalized spacial score (nSPS) is 22.6. The topological polar surface area (TPSA) is 186 Å². The van der Waals surface area contributed by atoms with E-state index in [2.05, 4.69) is 31.3 Å². The van der Waals surface area contributed by atoms with Crippen LogP contribution in [0.5, 0.6) is 0 Å². The van der Waals surface area contributed by atoms with E-state index in [0.29, 0.717) is 19.3 Å². The summed E-state index contributed by atoms with van der Waals surface area (Å²) in [4.78, 5) is 24.4. The minimum absolute atomic E-state index is 0.288. The number of carbonyl (C=O) groups excluding carboxylic acids is 1. The number of amides is 1. The maximum Gasteiger partial charge on any atom is 0.335 e. The summed E-state index contributed by atoms with van der Waals surface area (Å²) in [6, 6.07) is -0.984. The minimum Gasteiger partial charge on any atom is -0.479 e. The molecule has 8 atom stereocenters. The molecular weight excluding hydrogens is 654 g/mol. The maximum absolute atomic E-state index is 13.0. The predicted molar refractivity (Wildman–Crippen MR) is 200 cm³/mol. The fourth-order valence-electron chi connectivity index (χ4n) is 6.50. The number of carboxylic acids is 1. The third kappa shape index (κ3) is 22.3. The van der Waals surface area contributed by atoms with Crippen LogP contribution in [0.2, 0.25) is 0 Å². The first-order valence-electron chi connectivity index (χ1n) is 20.5. The van der Waals surface area contributed by atoms with Crippen molar-refractivity contribution in [2.24, 2.45) is 0 Å². The van der Waals surface area contributed by atoms with Crippen LogP contribution in [0, 0.1) is 0 Å². The fourth-order valence-corrected chi connectivity index (χ4v) is 6.50. The predicted octanol–water partition coefficient (Wildman–Crippen LogP) is 6.45. The van der Waals surface area contributed by atoms with E-state index >= 15 is 0 Å². The van der Waals surface area contributed by atoms with Crippen LogP contribution in [0.25, 0.3) is 0 Å². The van der Waals surface area contributed by atoms with Crippen molar-refractivity contribution in [3.63, 3.8) is 0 Å². The van der Waals surface area contributed by atoms with Crippen molar-refractivity contribution in [3.8, 4) is 0 Å². The number of aliphatic carboxylic acids is 1. The maximum atomic E-state index is 13.0. The zero-order valence-corrected chi connectivity index (χ0v) is 32.0. The molecule has 0 bridgehead atoms. The highest BCUT2D eigenvalue weighted by Crippen LogP contribution is 2.23. The van der Waals surface area contributed by atoms with E-state index in [9.17, 15) is 40.2 Å². The Morgan fingerprint density at radius 1 is 0.647 bits per heavy atom. The van der Waals surface area contributed by atoms with E-state index in [4.69, 9.17) is 9.47 Å². The lowest BCUT2D eigenvalue weighted by Crippen LogP contribution is -2.61. The number of aliphatic hydroxyl groups excluding tert-OH is 5. The number of allylic oxidation sites excluding steroid dienone is 2. The van der Waals surface area contributed by atoms with Gasteiger partial charge in [0.1, 0.15) is 24.4 Å². The molecule has 0 spiro atoms. The Morgan fingerprint density at radius 3 is 1.61 bits per heavy atom. The van der Waals surface area contributed by atoms with E-state index in [1.165, 1.54) is 83.5 Å². The summed E-state index contributed by atoms with van der Waals surface area (Å²) in [6.07, 6.45) is 20.2. The Bertz CT molecular complexity index is 889. The monoisotopic (exact) mass is 730 g/mol. The quantitative estimate of drug-likeness (QED) is 0.0292. The molecule has 0 aliphatic carbocycles. The molecular formula is C40H75NO10. The minimum atomic E-state index is -1.86. The Balaban J connectivity index is 2.51. The van der Waals surface area contributed by atoms with Gasteiger partial charge in [-0.3, -0.25) is 4.79 Å². The molecule has 1 saturated heterocycles. The van der Waals surface area contributed by atoms with Crippen LogP contribution in [0.3, 0.4) is 0 Å². The van der Waals surface area contributed by atoms with Gasteiger partial charge in [-0.05, 0) is 38.5 Å². The Kier molecular flexibility index (Phi) is 28.7. The van der Waals surface area contributed by atoms with E-state index in [-0.39, 0.29) is 13.0 Å². The van der Waals surface area contributed by atoms with Crippen LogP contribution >= 0.6 is 0 Å². The molecule has 0 saturated carbocycles. The van der Waals surface area contributed by atoms with Crippen molar-refractivity contribution in [3.05, 3.63) is 12.2 Å². The van der Waals surface area contributed by atoms with Gasteiger partial charge in [-0.25, -0.2) is 4.79 Å². The molecule has 51 heavy (non-hydrogen) atoms.